The molecule has 26 heavy (non-hydrogen) atoms. The molecule has 0 unspecified atom stereocenters. The molecule has 0 saturated carbocycles. The van der Waals surface area contributed by atoms with Gasteiger partial charge < -0.3 is 14.6 Å². The first-order valence-corrected chi connectivity index (χ1v) is 8.71. The van der Waals surface area contributed by atoms with Crippen LogP contribution in [0.4, 0.5) is 5.69 Å². The predicted molar refractivity (Wildman–Crippen MR) is 95.7 cm³/mol. The topological polar surface area (TPSA) is 82.2 Å². The van der Waals surface area contributed by atoms with E-state index in [9.17, 15) is 4.79 Å². The number of carbonyl (C=O) groups is 1. The van der Waals surface area contributed by atoms with Crippen LogP contribution in [0.15, 0.2) is 53.3 Å². The van der Waals surface area contributed by atoms with Gasteiger partial charge in [0.15, 0.2) is 11.5 Å². The Morgan fingerprint density at radius 2 is 2.04 bits per heavy atom. The Morgan fingerprint density at radius 3 is 2.85 bits per heavy atom. The van der Waals surface area contributed by atoms with Crippen LogP contribution in [0.1, 0.15) is 23.3 Å². The molecule has 0 bridgehead atoms. The third-order valence-electron chi connectivity index (χ3n) is 4.48. The van der Waals surface area contributed by atoms with Crippen LogP contribution in [-0.4, -0.2) is 34.1 Å². The van der Waals surface area contributed by atoms with E-state index in [0.29, 0.717) is 17.4 Å². The maximum absolute atomic E-state index is 12.4. The van der Waals surface area contributed by atoms with Gasteiger partial charge in [0.2, 0.25) is 0 Å². The summed E-state index contributed by atoms with van der Waals surface area (Å²) >= 11 is 0. The van der Waals surface area contributed by atoms with Crippen LogP contribution in [-0.2, 0) is 11.3 Å². The largest absolute Gasteiger partial charge is 0.381 e. The molecule has 3 heterocycles. The molecule has 1 amide bonds. The number of benzene rings is 1. The van der Waals surface area contributed by atoms with Gasteiger partial charge in [-0.05, 0) is 18.8 Å². The van der Waals surface area contributed by atoms with Crippen molar-refractivity contribution in [3.05, 3.63) is 54.5 Å². The summed E-state index contributed by atoms with van der Waals surface area (Å²) < 4.78 is 12.5. The molecular formula is C19H20N4O3. The molecule has 1 aromatic carbocycles. The average molecular weight is 352 g/mol. The number of aromatic nitrogens is 3. The van der Waals surface area contributed by atoms with Crippen LogP contribution in [0.5, 0.6) is 0 Å². The number of carbonyl (C=O) groups excluding carboxylic acids is 1. The minimum Gasteiger partial charge on any atom is -0.381 e. The molecule has 3 aromatic rings. The second-order valence-corrected chi connectivity index (χ2v) is 6.40. The summed E-state index contributed by atoms with van der Waals surface area (Å²) in [5.74, 6) is 0.809. The molecule has 0 atom stereocenters. The van der Waals surface area contributed by atoms with E-state index in [2.05, 4.69) is 15.6 Å². The Labute approximate surface area is 150 Å². The molecular weight excluding hydrogens is 332 g/mol. The summed E-state index contributed by atoms with van der Waals surface area (Å²) in [5, 5.41) is 11.0. The quantitative estimate of drug-likeness (QED) is 0.762. The van der Waals surface area contributed by atoms with E-state index >= 15 is 0 Å². The maximum Gasteiger partial charge on any atom is 0.277 e. The van der Waals surface area contributed by atoms with Crippen molar-refractivity contribution in [2.45, 2.75) is 19.4 Å². The van der Waals surface area contributed by atoms with Gasteiger partial charge in [-0.25, -0.2) is 0 Å². The van der Waals surface area contributed by atoms with Crippen LogP contribution in [0, 0.1) is 5.92 Å². The average Bonchev–Trinajstić information content (AvgIpc) is 3.33. The number of nitrogens with zero attached hydrogens (tertiary/aromatic N) is 3. The predicted octanol–water partition coefficient (Wildman–Crippen LogP) is 3.22. The fourth-order valence-electron chi connectivity index (χ4n) is 3.04. The summed E-state index contributed by atoms with van der Waals surface area (Å²) in [6.07, 6.45) is 5.58. The molecule has 7 heteroatoms. The van der Waals surface area contributed by atoms with Crippen molar-refractivity contribution >= 4 is 11.6 Å². The van der Waals surface area contributed by atoms with Crippen molar-refractivity contribution in [2.75, 3.05) is 18.5 Å². The lowest BCUT2D eigenvalue weighted by Crippen LogP contribution is -2.20. The van der Waals surface area contributed by atoms with Crippen molar-refractivity contribution in [3.8, 4) is 11.3 Å². The van der Waals surface area contributed by atoms with E-state index in [1.807, 2.05) is 41.2 Å². The Hall–Kier alpha value is -2.93. The van der Waals surface area contributed by atoms with E-state index in [1.165, 1.54) is 0 Å². The number of hydrogen-bond donors (Lipinski definition) is 1. The standard InChI is InChI=1S/C19H20N4O3/c24-19(17-10-18(26-22-17)15-4-2-1-3-5-15)21-16-11-20-23(13-16)12-14-6-8-25-9-7-14/h1-5,10-11,13-14H,6-9,12H2,(H,21,24). The zero-order valence-corrected chi connectivity index (χ0v) is 14.3. The number of ether oxygens (including phenoxy) is 1. The highest BCUT2D eigenvalue weighted by atomic mass is 16.5. The molecule has 0 aliphatic carbocycles. The summed E-state index contributed by atoms with van der Waals surface area (Å²) in [7, 11) is 0. The highest BCUT2D eigenvalue weighted by Crippen LogP contribution is 2.21. The summed E-state index contributed by atoms with van der Waals surface area (Å²) in [4.78, 5) is 12.4. The third-order valence-corrected chi connectivity index (χ3v) is 4.48. The van der Waals surface area contributed by atoms with Crippen LogP contribution < -0.4 is 5.32 Å². The first kappa shape index (κ1) is 16.5. The van der Waals surface area contributed by atoms with Gasteiger partial charge in [0.25, 0.3) is 5.91 Å². The molecule has 7 nitrogen and oxygen atoms in total. The van der Waals surface area contributed by atoms with E-state index < -0.39 is 0 Å². The molecule has 134 valence electrons. The molecule has 2 aromatic heterocycles. The van der Waals surface area contributed by atoms with Gasteiger partial charge >= 0.3 is 0 Å². The van der Waals surface area contributed by atoms with Crippen LogP contribution in [0.3, 0.4) is 0 Å². The van der Waals surface area contributed by atoms with Gasteiger partial charge in [-0.1, -0.05) is 35.5 Å². The van der Waals surface area contributed by atoms with Gasteiger partial charge in [-0.15, -0.1) is 0 Å². The van der Waals surface area contributed by atoms with Gasteiger partial charge in [0.05, 0.1) is 11.9 Å². The second kappa shape index (κ2) is 7.53. The number of hydrogen-bond acceptors (Lipinski definition) is 5. The fraction of sp³-hybridized carbons (Fsp3) is 0.316. The minimum atomic E-state index is -0.318. The van der Waals surface area contributed by atoms with E-state index in [1.54, 1.807) is 12.3 Å². The van der Waals surface area contributed by atoms with Gasteiger partial charge in [-0.3, -0.25) is 9.48 Å². The molecule has 1 fully saturated rings. The van der Waals surface area contributed by atoms with Crippen molar-refractivity contribution < 1.29 is 14.1 Å². The molecule has 1 saturated heterocycles. The molecule has 4 rings (SSSR count). The monoisotopic (exact) mass is 352 g/mol. The van der Waals surface area contributed by atoms with E-state index in [4.69, 9.17) is 9.26 Å². The van der Waals surface area contributed by atoms with Gasteiger partial charge in [0, 0.05) is 37.6 Å². The second-order valence-electron chi connectivity index (χ2n) is 6.40. The van der Waals surface area contributed by atoms with E-state index in [-0.39, 0.29) is 11.6 Å². The smallest absolute Gasteiger partial charge is 0.277 e. The Kier molecular flexibility index (Phi) is 4.79. The lowest BCUT2D eigenvalue weighted by molar-refractivity contribution is 0.0601. The van der Waals surface area contributed by atoms with Crippen molar-refractivity contribution in [2.24, 2.45) is 5.92 Å². The summed E-state index contributed by atoms with van der Waals surface area (Å²) in [6.45, 7) is 2.46. The number of rotatable bonds is 5. The molecule has 1 aliphatic heterocycles. The lowest BCUT2D eigenvalue weighted by atomic mass is 10.0. The maximum atomic E-state index is 12.4. The minimum absolute atomic E-state index is 0.237. The highest BCUT2D eigenvalue weighted by molar-refractivity contribution is 6.03. The van der Waals surface area contributed by atoms with Crippen LogP contribution in [0.2, 0.25) is 0 Å². The van der Waals surface area contributed by atoms with E-state index in [0.717, 1.165) is 38.2 Å². The number of nitrogens with one attached hydrogen (secondary N) is 1. The Morgan fingerprint density at radius 1 is 1.23 bits per heavy atom. The molecule has 0 spiro atoms. The zero-order chi connectivity index (χ0) is 17.8. The first-order chi connectivity index (χ1) is 12.8. The molecule has 0 radical (unpaired) electrons. The SMILES string of the molecule is O=C(Nc1cnn(CC2CCOCC2)c1)c1cc(-c2ccccc2)on1. The number of anilines is 1. The lowest BCUT2D eigenvalue weighted by Gasteiger charge is -2.21. The molecule has 1 N–H and O–H groups in total. The Balaban J connectivity index is 1.38. The summed E-state index contributed by atoms with van der Waals surface area (Å²) in [5.41, 5.74) is 1.76. The Bertz CT molecular complexity index is 866. The van der Waals surface area contributed by atoms with Crippen LogP contribution >= 0.6 is 0 Å². The number of amides is 1. The fourth-order valence-corrected chi connectivity index (χ4v) is 3.04. The highest BCUT2D eigenvalue weighted by Gasteiger charge is 2.17. The van der Waals surface area contributed by atoms with Crippen molar-refractivity contribution in [3.63, 3.8) is 0 Å². The third kappa shape index (κ3) is 3.83. The first-order valence-electron chi connectivity index (χ1n) is 8.71. The zero-order valence-electron chi connectivity index (χ0n) is 14.3. The normalized spacial score (nSPS) is 15.1. The summed E-state index contributed by atoms with van der Waals surface area (Å²) in [6, 6.07) is 11.2. The van der Waals surface area contributed by atoms with Gasteiger partial charge in [0.1, 0.15) is 0 Å². The van der Waals surface area contributed by atoms with Crippen molar-refractivity contribution in [1.82, 2.24) is 14.9 Å². The molecule has 1 aliphatic rings. The van der Waals surface area contributed by atoms with Crippen molar-refractivity contribution in [1.29, 1.82) is 0 Å². The van der Waals surface area contributed by atoms with Crippen LogP contribution in [0.25, 0.3) is 11.3 Å². The van der Waals surface area contributed by atoms with Gasteiger partial charge in [-0.2, -0.15) is 5.10 Å².